The zero-order valence-corrected chi connectivity index (χ0v) is 22.0. The lowest BCUT2D eigenvalue weighted by molar-refractivity contribution is 0.0857. The molecule has 38 heavy (non-hydrogen) atoms. The minimum atomic E-state index is -0.256. The van der Waals surface area contributed by atoms with Crippen LogP contribution in [0.3, 0.4) is 0 Å². The summed E-state index contributed by atoms with van der Waals surface area (Å²) in [6, 6.07) is 20.9. The molecule has 6 rings (SSSR count). The Bertz CT molecular complexity index is 1560. The Labute approximate surface area is 222 Å². The number of benzene rings is 3. The van der Waals surface area contributed by atoms with Crippen molar-refractivity contribution in [3.63, 3.8) is 0 Å². The monoisotopic (exact) mass is 507 g/mol. The first kappa shape index (κ1) is 24.3. The van der Waals surface area contributed by atoms with Crippen molar-refractivity contribution in [1.82, 2.24) is 10.3 Å². The number of nitrogens with one attached hydrogen (secondary N) is 1. The molecule has 0 saturated carbocycles. The van der Waals surface area contributed by atoms with Gasteiger partial charge in [-0.1, -0.05) is 18.2 Å². The number of fused-ring (bicyclic) bond motifs is 8. The van der Waals surface area contributed by atoms with E-state index in [1.807, 2.05) is 51.1 Å². The summed E-state index contributed by atoms with van der Waals surface area (Å²) < 4.78 is 20.3. The Hall–Kier alpha value is -4.03. The molecule has 0 spiro atoms. The third-order valence-electron chi connectivity index (χ3n) is 7.68. The van der Waals surface area contributed by atoms with Crippen molar-refractivity contribution in [1.29, 1.82) is 0 Å². The van der Waals surface area contributed by atoms with E-state index >= 15 is 0 Å². The van der Waals surface area contributed by atoms with E-state index in [2.05, 4.69) is 40.3 Å². The first-order chi connectivity index (χ1) is 18.3. The lowest BCUT2D eigenvalue weighted by Gasteiger charge is -2.25. The average molecular weight is 508 g/mol. The highest BCUT2D eigenvalue weighted by atomic mass is 19.1. The smallest absolute Gasteiger partial charge is 0.251 e. The van der Waals surface area contributed by atoms with Gasteiger partial charge in [0.25, 0.3) is 5.91 Å². The summed E-state index contributed by atoms with van der Waals surface area (Å²) in [6.45, 7) is 9.19. The van der Waals surface area contributed by atoms with Gasteiger partial charge < -0.3 is 15.0 Å². The number of carbonyl (C=O) groups is 1. The lowest BCUT2D eigenvalue weighted by atomic mass is 9.85. The number of amides is 1. The molecule has 2 bridgehead atoms. The predicted molar refractivity (Wildman–Crippen MR) is 146 cm³/mol. The topological polar surface area (TPSA) is 54.5 Å². The number of pyridine rings is 1. The molecule has 192 valence electrons. The second-order valence-corrected chi connectivity index (χ2v) is 10.1. The second-order valence-electron chi connectivity index (χ2n) is 10.1. The summed E-state index contributed by atoms with van der Waals surface area (Å²) in [5.74, 6) is -0.375. The predicted octanol–water partition coefficient (Wildman–Crippen LogP) is 6.76. The standard InChI is InChI=1S/C32H30FN3O2/c1-5-36(23-8-6-7-22(33)15-23)24-10-12-26-28(16-24)31-27-14-21(9-11-25(27)30(26)38-31)32(37)34-17-29-18(2)13-19(3)35-20(29)4/h6-16,30-31H,5,17H2,1-4H3,(H,34,37)/t30-,31+/m1/s1. The van der Waals surface area contributed by atoms with Crippen LogP contribution in [0.4, 0.5) is 15.8 Å². The first-order valence-corrected chi connectivity index (χ1v) is 13.0. The molecular formula is C32H30FN3O2. The van der Waals surface area contributed by atoms with Gasteiger partial charge in [0.2, 0.25) is 0 Å². The molecule has 5 nitrogen and oxygen atoms in total. The van der Waals surface area contributed by atoms with Gasteiger partial charge in [-0.3, -0.25) is 9.78 Å². The number of anilines is 2. The molecule has 1 N–H and O–H groups in total. The molecule has 6 heteroatoms. The summed E-state index contributed by atoms with van der Waals surface area (Å²) in [5, 5.41) is 3.07. The van der Waals surface area contributed by atoms with Gasteiger partial charge in [-0.05, 0) is 110 Å². The van der Waals surface area contributed by atoms with Gasteiger partial charge in [-0.15, -0.1) is 0 Å². The van der Waals surface area contributed by atoms with Crippen LogP contribution in [0.2, 0.25) is 0 Å². The van der Waals surface area contributed by atoms with Crippen LogP contribution < -0.4 is 10.2 Å². The normalized spacial score (nSPS) is 16.8. The highest BCUT2D eigenvalue weighted by molar-refractivity contribution is 5.94. The number of ether oxygens (including phenoxy) is 1. The van der Waals surface area contributed by atoms with Gasteiger partial charge in [-0.25, -0.2) is 4.39 Å². The molecular weight excluding hydrogens is 477 g/mol. The third-order valence-corrected chi connectivity index (χ3v) is 7.68. The molecule has 3 heterocycles. The molecule has 2 atom stereocenters. The maximum Gasteiger partial charge on any atom is 0.251 e. The molecule has 0 unspecified atom stereocenters. The van der Waals surface area contributed by atoms with E-state index < -0.39 is 0 Å². The van der Waals surface area contributed by atoms with E-state index in [4.69, 9.17) is 4.74 Å². The van der Waals surface area contributed by atoms with Gasteiger partial charge in [0.15, 0.2) is 0 Å². The highest BCUT2D eigenvalue weighted by Gasteiger charge is 2.43. The van der Waals surface area contributed by atoms with E-state index in [1.54, 1.807) is 12.1 Å². The van der Waals surface area contributed by atoms with Gasteiger partial charge >= 0.3 is 0 Å². The van der Waals surface area contributed by atoms with Crippen LogP contribution >= 0.6 is 0 Å². The Kier molecular flexibility index (Phi) is 6.00. The zero-order valence-electron chi connectivity index (χ0n) is 22.0. The highest BCUT2D eigenvalue weighted by Crippen LogP contribution is 2.55. The van der Waals surface area contributed by atoms with E-state index in [9.17, 15) is 9.18 Å². The summed E-state index contributed by atoms with van der Waals surface area (Å²) in [4.78, 5) is 19.7. The fraction of sp³-hybridized carbons (Fsp3) is 0.250. The second kappa shape index (κ2) is 9.37. The van der Waals surface area contributed by atoms with Crippen LogP contribution in [0.15, 0.2) is 66.7 Å². The number of carbonyl (C=O) groups excluding carboxylic acids is 1. The van der Waals surface area contributed by atoms with Crippen LogP contribution in [0.5, 0.6) is 0 Å². The molecule has 4 aromatic rings. The molecule has 3 aromatic carbocycles. The van der Waals surface area contributed by atoms with Crippen molar-refractivity contribution >= 4 is 17.3 Å². The Morgan fingerprint density at radius 1 is 0.921 bits per heavy atom. The van der Waals surface area contributed by atoms with E-state index in [0.29, 0.717) is 18.7 Å². The fourth-order valence-corrected chi connectivity index (χ4v) is 5.89. The van der Waals surface area contributed by atoms with Crippen LogP contribution in [-0.2, 0) is 11.3 Å². The number of rotatable bonds is 6. The quantitative estimate of drug-likeness (QED) is 0.313. The van der Waals surface area contributed by atoms with Crippen molar-refractivity contribution < 1.29 is 13.9 Å². The van der Waals surface area contributed by atoms with Crippen molar-refractivity contribution in [2.75, 3.05) is 11.4 Å². The lowest BCUT2D eigenvalue weighted by Crippen LogP contribution is -2.24. The molecule has 0 aliphatic carbocycles. The van der Waals surface area contributed by atoms with Crippen molar-refractivity contribution in [2.45, 2.75) is 46.4 Å². The van der Waals surface area contributed by atoms with E-state index in [1.165, 1.54) is 6.07 Å². The van der Waals surface area contributed by atoms with Crippen molar-refractivity contribution in [2.24, 2.45) is 0 Å². The largest absolute Gasteiger partial charge is 0.356 e. The molecule has 2 aliphatic heterocycles. The van der Waals surface area contributed by atoms with Crippen LogP contribution in [-0.4, -0.2) is 17.4 Å². The molecule has 1 aromatic heterocycles. The number of hydrogen-bond acceptors (Lipinski definition) is 4. The molecule has 2 aliphatic rings. The minimum Gasteiger partial charge on any atom is -0.356 e. The number of halogens is 1. The molecule has 0 radical (unpaired) electrons. The number of aryl methyl sites for hydroxylation is 3. The molecule has 1 amide bonds. The van der Waals surface area contributed by atoms with Crippen molar-refractivity contribution in [3.8, 4) is 0 Å². The van der Waals surface area contributed by atoms with Gasteiger partial charge in [-0.2, -0.15) is 0 Å². The maximum atomic E-state index is 13.9. The van der Waals surface area contributed by atoms with E-state index in [0.717, 1.165) is 56.1 Å². The summed E-state index contributed by atoms with van der Waals surface area (Å²) >= 11 is 0. The van der Waals surface area contributed by atoms with E-state index in [-0.39, 0.29) is 23.9 Å². The molecule has 0 fully saturated rings. The van der Waals surface area contributed by atoms with Gasteiger partial charge in [0.05, 0.1) is 0 Å². The maximum absolute atomic E-state index is 13.9. The minimum absolute atomic E-state index is 0.118. The summed E-state index contributed by atoms with van der Waals surface area (Å²) in [6.07, 6.45) is -0.362. The van der Waals surface area contributed by atoms with Crippen molar-refractivity contribution in [3.05, 3.63) is 123 Å². The first-order valence-electron chi connectivity index (χ1n) is 13.0. The zero-order chi connectivity index (χ0) is 26.6. The molecule has 0 saturated heterocycles. The van der Waals surface area contributed by atoms with Gasteiger partial charge in [0, 0.05) is 41.4 Å². The van der Waals surface area contributed by atoms with Crippen LogP contribution in [0, 0.1) is 26.6 Å². The SMILES string of the molecule is CCN(c1cccc(F)c1)c1ccc2c(c1)[C@H]1O[C@@H]2c2ccc(C(=O)NCc3c(C)cc(C)nc3C)cc21. The summed E-state index contributed by atoms with van der Waals surface area (Å²) in [7, 11) is 0. The number of aromatic nitrogens is 1. The third kappa shape index (κ3) is 4.05. The number of hydrogen-bond donors (Lipinski definition) is 1. The number of nitrogens with zero attached hydrogens (tertiary/aromatic N) is 2. The Balaban J connectivity index is 1.26. The Morgan fingerprint density at radius 3 is 2.37 bits per heavy atom. The Morgan fingerprint density at radius 2 is 1.63 bits per heavy atom. The summed E-state index contributed by atoms with van der Waals surface area (Å²) in [5.41, 5.74) is 10.9. The van der Waals surface area contributed by atoms with Gasteiger partial charge in [0.1, 0.15) is 18.0 Å². The van der Waals surface area contributed by atoms with Crippen LogP contribution in [0.1, 0.15) is 74.3 Å². The van der Waals surface area contributed by atoms with Crippen LogP contribution in [0.25, 0.3) is 0 Å². The fourth-order valence-electron chi connectivity index (χ4n) is 5.89. The average Bonchev–Trinajstić information content (AvgIpc) is 3.45.